The van der Waals surface area contributed by atoms with E-state index >= 15 is 0 Å². The van der Waals surface area contributed by atoms with Crippen LogP contribution in [-0.2, 0) is 9.53 Å². The highest BCUT2D eigenvalue weighted by molar-refractivity contribution is 5.66. The topological polar surface area (TPSA) is 50.4 Å². The summed E-state index contributed by atoms with van der Waals surface area (Å²) < 4.78 is 6.01. The van der Waals surface area contributed by atoms with Gasteiger partial charge < -0.3 is 15.4 Å². The minimum absolute atomic E-state index is 0.00288. The standard InChI is InChI=1S/C32H52N2O2/c1-19(2)22-14-17-34-29(22)18-20(3)24-10-11-25-23-8-9-27-30(36-21(4)35)28(33-7)13-16-32(27,6)26(23)12-15-31(24,25)5/h8,20,24-30,33-34H,9-18H2,1-7H3/t20-,24-,25+,26+,27+,28-,29-,30-,31-,32-/m1/s1. The first kappa shape index (κ1) is 26.5. The molecular weight excluding hydrogens is 444 g/mol. The predicted octanol–water partition coefficient (Wildman–Crippen LogP) is 6.42. The number of ether oxygens (including phenoxy) is 1. The first-order valence-corrected chi connectivity index (χ1v) is 15.0. The number of hydrogen-bond acceptors (Lipinski definition) is 4. The monoisotopic (exact) mass is 496 g/mol. The Hall–Kier alpha value is -1.13. The van der Waals surface area contributed by atoms with Gasteiger partial charge in [0.05, 0.1) is 0 Å². The van der Waals surface area contributed by atoms with E-state index in [1.807, 2.05) is 7.05 Å². The number of hydrogen-bond donors (Lipinski definition) is 2. The Morgan fingerprint density at radius 2 is 1.83 bits per heavy atom. The Morgan fingerprint density at radius 3 is 2.53 bits per heavy atom. The molecule has 1 heterocycles. The third-order valence-electron chi connectivity index (χ3n) is 12.0. The van der Waals surface area contributed by atoms with Gasteiger partial charge >= 0.3 is 5.97 Å². The van der Waals surface area contributed by atoms with Crippen molar-refractivity contribution in [3.05, 3.63) is 22.8 Å². The van der Waals surface area contributed by atoms with Crippen molar-refractivity contribution in [2.75, 3.05) is 13.6 Å². The Kier molecular flexibility index (Phi) is 7.26. The molecule has 202 valence electrons. The zero-order valence-corrected chi connectivity index (χ0v) is 24.1. The minimum atomic E-state index is -0.129. The molecule has 0 aromatic carbocycles. The fourth-order valence-corrected chi connectivity index (χ4v) is 10.2. The van der Waals surface area contributed by atoms with Gasteiger partial charge in [-0.3, -0.25) is 4.79 Å². The molecule has 4 nitrogen and oxygen atoms in total. The molecular formula is C32H52N2O2. The highest BCUT2D eigenvalue weighted by Gasteiger charge is 2.60. The largest absolute Gasteiger partial charge is 0.461 e. The molecule has 10 atom stereocenters. The van der Waals surface area contributed by atoms with E-state index in [1.165, 1.54) is 50.5 Å². The van der Waals surface area contributed by atoms with E-state index in [0.717, 1.165) is 37.1 Å². The molecule has 5 aliphatic rings. The molecule has 4 fully saturated rings. The highest BCUT2D eigenvalue weighted by atomic mass is 16.5. The molecule has 0 spiro atoms. The van der Waals surface area contributed by atoms with Crippen molar-refractivity contribution in [1.82, 2.24) is 10.6 Å². The van der Waals surface area contributed by atoms with Crippen LogP contribution in [0.3, 0.4) is 0 Å². The summed E-state index contributed by atoms with van der Waals surface area (Å²) in [5.41, 5.74) is 5.69. The second-order valence-corrected chi connectivity index (χ2v) is 13.9. The summed E-state index contributed by atoms with van der Waals surface area (Å²) in [5, 5.41) is 7.30. The van der Waals surface area contributed by atoms with E-state index in [1.54, 1.807) is 18.1 Å². The lowest BCUT2D eigenvalue weighted by Gasteiger charge is -2.59. The number of esters is 1. The molecule has 0 unspecified atom stereocenters. The maximum atomic E-state index is 12.0. The van der Waals surface area contributed by atoms with Gasteiger partial charge in [0.25, 0.3) is 0 Å². The Morgan fingerprint density at radius 1 is 1.11 bits per heavy atom. The molecule has 5 rings (SSSR count). The van der Waals surface area contributed by atoms with Crippen molar-refractivity contribution in [3.8, 4) is 0 Å². The van der Waals surface area contributed by atoms with Crippen LogP contribution in [0, 0.1) is 40.4 Å². The molecule has 3 saturated carbocycles. The van der Waals surface area contributed by atoms with Gasteiger partial charge in [0, 0.05) is 24.9 Å². The van der Waals surface area contributed by atoms with Crippen molar-refractivity contribution < 1.29 is 9.53 Å². The Bertz CT molecular complexity index is 919. The van der Waals surface area contributed by atoms with Crippen molar-refractivity contribution in [1.29, 1.82) is 0 Å². The van der Waals surface area contributed by atoms with Crippen LogP contribution in [0.5, 0.6) is 0 Å². The summed E-state index contributed by atoms with van der Waals surface area (Å²) in [6, 6.07) is 0.875. The number of carbonyl (C=O) groups excluding carboxylic acids is 1. The summed E-state index contributed by atoms with van der Waals surface area (Å²) in [6.07, 6.45) is 14.0. The molecule has 0 bridgehead atoms. The predicted molar refractivity (Wildman–Crippen MR) is 148 cm³/mol. The number of rotatable bonds is 5. The molecule has 0 aromatic heterocycles. The van der Waals surface area contributed by atoms with Gasteiger partial charge in [-0.1, -0.05) is 43.6 Å². The molecule has 2 N–H and O–H groups in total. The quantitative estimate of drug-likeness (QED) is 0.341. The zero-order chi connectivity index (χ0) is 25.8. The molecule has 4 aliphatic carbocycles. The van der Waals surface area contributed by atoms with Gasteiger partial charge in [-0.15, -0.1) is 0 Å². The number of likely N-dealkylation sites (N-methyl/N-ethyl adjacent to an activating group) is 1. The molecule has 1 aliphatic heterocycles. The third kappa shape index (κ3) is 4.23. The third-order valence-corrected chi connectivity index (χ3v) is 12.0. The van der Waals surface area contributed by atoms with Crippen LogP contribution in [0.1, 0.15) is 99.3 Å². The lowest BCUT2D eigenvalue weighted by Crippen LogP contribution is -2.58. The fourth-order valence-electron chi connectivity index (χ4n) is 10.2. The number of carbonyl (C=O) groups is 1. The fraction of sp³-hybridized carbons (Fsp3) is 0.844. The summed E-state index contributed by atoms with van der Waals surface area (Å²) in [6.45, 7) is 15.1. The highest BCUT2D eigenvalue weighted by Crippen LogP contribution is 2.67. The van der Waals surface area contributed by atoms with Gasteiger partial charge in [-0.2, -0.15) is 0 Å². The van der Waals surface area contributed by atoms with E-state index in [9.17, 15) is 4.79 Å². The van der Waals surface area contributed by atoms with Crippen LogP contribution >= 0.6 is 0 Å². The molecule has 4 heteroatoms. The second-order valence-electron chi connectivity index (χ2n) is 13.9. The zero-order valence-electron chi connectivity index (χ0n) is 24.1. The number of fused-ring (bicyclic) bond motifs is 5. The van der Waals surface area contributed by atoms with Crippen molar-refractivity contribution in [2.45, 2.75) is 118 Å². The van der Waals surface area contributed by atoms with E-state index in [-0.39, 0.29) is 23.5 Å². The van der Waals surface area contributed by atoms with Gasteiger partial charge in [-0.25, -0.2) is 0 Å². The first-order chi connectivity index (χ1) is 17.1. The lowest BCUT2D eigenvalue weighted by atomic mass is 9.47. The Balaban J connectivity index is 1.37. The van der Waals surface area contributed by atoms with Gasteiger partial charge in [0.15, 0.2) is 0 Å². The average Bonchev–Trinajstić information content (AvgIpc) is 3.42. The molecule has 0 radical (unpaired) electrons. The summed E-state index contributed by atoms with van der Waals surface area (Å²) in [5.74, 6) is 3.29. The van der Waals surface area contributed by atoms with Gasteiger partial charge in [-0.05, 0) is 120 Å². The first-order valence-electron chi connectivity index (χ1n) is 15.0. The van der Waals surface area contributed by atoms with Gasteiger partial charge in [0.1, 0.15) is 6.10 Å². The maximum absolute atomic E-state index is 12.0. The Labute approximate surface area is 220 Å². The van der Waals surface area contributed by atoms with Crippen LogP contribution in [0.4, 0.5) is 0 Å². The lowest BCUT2D eigenvalue weighted by molar-refractivity contribution is -0.162. The van der Waals surface area contributed by atoms with Crippen molar-refractivity contribution in [3.63, 3.8) is 0 Å². The molecule has 1 saturated heterocycles. The minimum Gasteiger partial charge on any atom is -0.461 e. The van der Waals surface area contributed by atoms with E-state index in [2.05, 4.69) is 51.3 Å². The summed E-state index contributed by atoms with van der Waals surface area (Å²) in [4.78, 5) is 12.0. The van der Waals surface area contributed by atoms with E-state index in [0.29, 0.717) is 23.3 Å². The van der Waals surface area contributed by atoms with Crippen molar-refractivity contribution in [2.24, 2.45) is 40.4 Å². The van der Waals surface area contributed by atoms with Crippen LogP contribution < -0.4 is 10.6 Å². The van der Waals surface area contributed by atoms with Crippen LogP contribution in [0.15, 0.2) is 22.8 Å². The smallest absolute Gasteiger partial charge is 0.302 e. The molecule has 0 aromatic rings. The van der Waals surface area contributed by atoms with Crippen molar-refractivity contribution >= 4 is 5.97 Å². The second kappa shape index (κ2) is 9.88. The van der Waals surface area contributed by atoms with E-state index < -0.39 is 0 Å². The number of nitrogens with one attached hydrogen (secondary N) is 2. The van der Waals surface area contributed by atoms with Crippen LogP contribution in [-0.4, -0.2) is 37.7 Å². The summed E-state index contributed by atoms with van der Waals surface area (Å²) >= 11 is 0. The molecule has 36 heavy (non-hydrogen) atoms. The van der Waals surface area contributed by atoms with Crippen LogP contribution in [0.2, 0.25) is 0 Å². The summed E-state index contributed by atoms with van der Waals surface area (Å²) in [7, 11) is 2.03. The molecule has 0 amide bonds. The average molecular weight is 497 g/mol. The van der Waals surface area contributed by atoms with E-state index in [4.69, 9.17) is 4.74 Å². The maximum Gasteiger partial charge on any atom is 0.302 e. The SMILES string of the molecule is CN[C@@H]1CC[C@]2(C)[C@H]3CC[C@]4(C)[C@@H]([C@H](C)C[C@H]5NCCC5=C(C)C)CC[C@H]4C3=CC[C@H]2[C@H]1OC(C)=O. The number of allylic oxidation sites excluding steroid dienone is 3. The van der Waals surface area contributed by atoms with Crippen LogP contribution in [0.25, 0.3) is 0 Å². The normalized spacial score (nSPS) is 44.8. The van der Waals surface area contributed by atoms with Gasteiger partial charge in [0.2, 0.25) is 0 Å².